The van der Waals surface area contributed by atoms with E-state index < -0.39 is 17.6 Å². The third-order valence-corrected chi connectivity index (χ3v) is 7.75. The van der Waals surface area contributed by atoms with Crippen molar-refractivity contribution in [1.29, 1.82) is 0 Å². The van der Waals surface area contributed by atoms with Crippen LogP contribution in [0.3, 0.4) is 0 Å². The number of anilines is 3. The lowest BCUT2D eigenvalue weighted by molar-refractivity contribution is -0.133. The Morgan fingerprint density at radius 1 is 1.00 bits per heavy atom. The van der Waals surface area contributed by atoms with E-state index in [1.54, 1.807) is 6.20 Å². The number of nitrogens with two attached hydrogens (primary N) is 2. The number of benzene rings is 1. The zero-order chi connectivity index (χ0) is 28.3. The number of carbonyl (C=O) groups excluding carboxylic acids is 2. The van der Waals surface area contributed by atoms with Crippen LogP contribution < -0.4 is 27.0 Å². The monoisotopic (exact) mass is 543 g/mol. The zero-order valence-corrected chi connectivity index (χ0v) is 23.0. The topological polar surface area (TPSA) is 155 Å². The SMILES string of the molecule is CC(C)C(N)C(=O)N1CCN(c2ccc(Nc3ncc4ccc(C5(NC(N)=O)CC=CCC5)nc4n3)cc2)CC1. The van der Waals surface area contributed by atoms with E-state index in [0.29, 0.717) is 37.5 Å². The minimum atomic E-state index is -0.650. The zero-order valence-electron chi connectivity index (χ0n) is 23.0. The fraction of sp³-hybridized carbons (Fsp3) is 0.414. The molecule has 1 aliphatic carbocycles. The molecule has 40 heavy (non-hydrogen) atoms. The lowest BCUT2D eigenvalue weighted by Crippen LogP contribution is -2.54. The first-order valence-electron chi connectivity index (χ1n) is 13.8. The molecule has 2 atom stereocenters. The quantitative estimate of drug-likeness (QED) is 0.332. The summed E-state index contributed by atoms with van der Waals surface area (Å²) in [6.45, 7) is 6.77. The molecule has 5 rings (SSSR count). The maximum absolute atomic E-state index is 12.6. The van der Waals surface area contributed by atoms with Gasteiger partial charge in [-0.2, -0.15) is 4.98 Å². The average molecular weight is 544 g/mol. The van der Waals surface area contributed by atoms with Gasteiger partial charge in [-0.15, -0.1) is 0 Å². The highest BCUT2D eigenvalue weighted by Gasteiger charge is 2.35. The van der Waals surface area contributed by atoms with E-state index in [9.17, 15) is 9.59 Å². The summed E-state index contributed by atoms with van der Waals surface area (Å²) in [4.78, 5) is 42.4. The van der Waals surface area contributed by atoms with Crippen molar-refractivity contribution in [1.82, 2.24) is 25.2 Å². The highest BCUT2D eigenvalue weighted by Crippen LogP contribution is 2.34. The first kappa shape index (κ1) is 27.3. The van der Waals surface area contributed by atoms with Gasteiger partial charge in [-0.3, -0.25) is 4.79 Å². The van der Waals surface area contributed by atoms with Gasteiger partial charge in [0.15, 0.2) is 5.65 Å². The largest absolute Gasteiger partial charge is 0.368 e. The Hall–Kier alpha value is -4.25. The Morgan fingerprint density at radius 3 is 2.40 bits per heavy atom. The minimum absolute atomic E-state index is 0.0288. The highest BCUT2D eigenvalue weighted by molar-refractivity contribution is 5.82. The van der Waals surface area contributed by atoms with Gasteiger partial charge in [-0.1, -0.05) is 26.0 Å². The maximum atomic E-state index is 12.6. The van der Waals surface area contributed by atoms with Gasteiger partial charge in [-0.05, 0) is 61.6 Å². The highest BCUT2D eigenvalue weighted by atomic mass is 16.2. The van der Waals surface area contributed by atoms with E-state index in [1.807, 2.05) is 61.2 Å². The molecule has 6 N–H and O–H groups in total. The van der Waals surface area contributed by atoms with Crippen molar-refractivity contribution in [3.05, 3.63) is 60.4 Å². The number of allylic oxidation sites excluding steroid dienone is 1. The predicted molar refractivity (Wildman–Crippen MR) is 156 cm³/mol. The second-order valence-electron chi connectivity index (χ2n) is 10.8. The van der Waals surface area contributed by atoms with Gasteiger partial charge < -0.3 is 31.9 Å². The molecule has 210 valence electrons. The molecular formula is C29H37N9O2. The Kier molecular flexibility index (Phi) is 7.83. The minimum Gasteiger partial charge on any atom is -0.368 e. The molecule has 0 spiro atoms. The summed E-state index contributed by atoms with van der Waals surface area (Å²) in [5.41, 5.74) is 14.1. The molecule has 2 aliphatic rings. The molecule has 0 saturated carbocycles. The van der Waals surface area contributed by atoms with Crippen molar-refractivity contribution >= 4 is 40.3 Å². The fourth-order valence-electron chi connectivity index (χ4n) is 5.28. The molecule has 3 heterocycles. The van der Waals surface area contributed by atoms with Crippen molar-refractivity contribution < 1.29 is 9.59 Å². The van der Waals surface area contributed by atoms with Crippen LogP contribution in [0.4, 0.5) is 22.1 Å². The normalized spacial score (nSPS) is 20.0. The number of carbonyl (C=O) groups is 2. The average Bonchev–Trinajstić information content (AvgIpc) is 2.96. The third-order valence-electron chi connectivity index (χ3n) is 7.75. The number of hydrogen-bond donors (Lipinski definition) is 4. The summed E-state index contributed by atoms with van der Waals surface area (Å²) in [6, 6.07) is 10.9. The summed E-state index contributed by atoms with van der Waals surface area (Å²) in [5.74, 6) is 0.583. The number of amides is 3. The number of aromatic nitrogens is 3. The van der Waals surface area contributed by atoms with Gasteiger partial charge in [0.1, 0.15) is 0 Å². The van der Waals surface area contributed by atoms with E-state index in [2.05, 4.69) is 31.6 Å². The summed E-state index contributed by atoms with van der Waals surface area (Å²) in [6.07, 6.45) is 8.04. The van der Waals surface area contributed by atoms with E-state index in [-0.39, 0.29) is 11.8 Å². The van der Waals surface area contributed by atoms with Crippen LogP contribution in [0.1, 0.15) is 38.8 Å². The second kappa shape index (κ2) is 11.5. The van der Waals surface area contributed by atoms with Gasteiger partial charge in [0.2, 0.25) is 11.9 Å². The van der Waals surface area contributed by atoms with Crippen LogP contribution in [0.15, 0.2) is 54.7 Å². The molecular weight excluding hydrogens is 506 g/mol. The van der Waals surface area contributed by atoms with Gasteiger partial charge in [0, 0.05) is 49.1 Å². The molecule has 1 saturated heterocycles. The first-order valence-corrected chi connectivity index (χ1v) is 13.8. The number of hydrogen-bond acceptors (Lipinski definition) is 8. The number of urea groups is 1. The first-order chi connectivity index (χ1) is 19.2. The molecule has 3 amide bonds. The van der Waals surface area contributed by atoms with Crippen LogP contribution in [-0.2, 0) is 10.3 Å². The lowest BCUT2D eigenvalue weighted by Gasteiger charge is -2.37. The molecule has 0 bridgehead atoms. The summed E-state index contributed by atoms with van der Waals surface area (Å²) < 4.78 is 0. The Labute approximate surface area is 234 Å². The van der Waals surface area contributed by atoms with Gasteiger partial charge in [0.25, 0.3) is 0 Å². The summed E-state index contributed by atoms with van der Waals surface area (Å²) in [5, 5.41) is 6.98. The smallest absolute Gasteiger partial charge is 0.312 e. The van der Waals surface area contributed by atoms with E-state index in [1.165, 1.54) is 0 Å². The number of nitrogens with zero attached hydrogens (tertiary/aromatic N) is 5. The maximum Gasteiger partial charge on any atom is 0.312 e. The fourth-order valence-corrected chi connectivity index (χ4v) is 5.28. The van der Waals surface area contributed by atoms with Crippen LogP contribution in [0.2, 0.25) is 0 Å². The molecule has 2 unspecified atom stereocenters. The number of pyridine rings is 1. The lowest BCUT2D eigenvalue weighted by atomic mass is 9.82. The summed E-state index contributed by atoms with van der Waals surface area (Å²) >= 11 is 0. The molecule has 0 radical (unpaired) electrons. The van der Waals surface area contributed by atoms with Crippen molar-refractivity contribution in [2.45, 2.75) is 44.7 Å². The van der Waals surface area contributed by atoms with Crippen molar-refractivity contribution in [2.24, 2.45) is 17.4 Å². The number of nitrogens with one attached hydrogen (secondary N) is 2. The third kappa shape index (κ3) is 5.84. The Balaban J connectivity index is 1.26. The molecule has 3 aromatic rings. The van der Waals surface area contributed by atoms with Crippen LogP contribution in [0.5, 0.6) is 0 Å². The van der Waals surface area contributed by atoms with Gasteiger partial charge in [-0.25, -0.2) is 14.8 Å². The summed E-state index contributed by atoms with van der Waals surface area (Å²) in [7, 11) is 0. The number of rotatable bonds is 7. The van der Waals surface area contributed by atoms with Gasteiger partial charge >= 0.3 is 6.03 Å². The molecule has 1 aromatic carbocycles. The van der Waals surface area contributed by atoms with Gasteiger partial charge in [0.05, 0.1) is 17.3 Å². The number of primary amides is 1. The van der Waals surface area contributed by atoms with E-state index in [4.69, 9.17) is 16.5 Å². The van der Waals surface area contributed by atoms with Crippen LogP contribution in [0, 0.1) is 5.92 Å². The van der Waals surface area contributed by atoms with Crippen LogP contribution >= 0.6 is 0 Å². The Bertz CT molecular complexity index is 1400. The van der Waals surface area contributed by atoms with E-state index in [0.717, 1.165) is 42.0 Å². The predicted octanol–water partition coefficient (Wildman–Crippen LogP) is 3.00. The molecule has 2 aromatic heterocycles. The molecule has 1 fully saturated rings. The van der Waals surface area contributed by atoms with Crippen LogP contribution in [0.25, 0.3) is 11.0 Å². The second-order valence-corrected chi connectivity index (χ2v) is 10.8. The number of fused-ring (bicyclic) bond motifs is 1. The standard InChI is InChI=1S/C29H37N9O2/c1-19(2)24(30)26(39)38-16-14-37(15-17-38)22-9-7-21(8-10-22)33-28-32-18-20-6-11-23(34-25(20)35-28)29(36-27(31)40)12-4-3-5-13-29/h3-4,6-11,18-19,24H,5,12-17,30H2,1-2H3,(H3,31,36,40)(H,32,33,34,35). The van der Waals surface area contributed by atoms with Crippen molar-refractivity contribution in [3.63, 3.8) is 0 Å². The molecule has 11 heteroatoms. The van der Waals surface area contributed by atoms with Crippen molar-refractivity contribution in [3.8, 4) is 0 Å². The molecule has 1 aliphatic heterocycles. The number of piperazine rings is 1. The van der Waals surface area contributed by atoms with Crippen molar-refractivity contribution in [2.75, 3.05) is 36.4 Å². The van der Waals surface area contributed by atoms with Crippen LogP contribution in [-0.4, -0.2) is 64.0 Å². The Morgan fingerprint density at radius 2 is 1.75 bits per heavy atom. The van der Waals surface area contributed by atoms with E-state index >= 15 is 0 Å². The molecule has 11 nitrogen and oxygen atoms in total.